The molecule has 4 heterocycles. The minimum atomic E-state index is 0.201. The molecule has 0 atom stereocenters. The quantitative estimate of drug-likeness (QED) is 0.704. The summed E-state index contributed by atoms with van der Waals surface area (Å²) in [4.78, 5) is 21.3. The zero-order chi connectivity index (χ0) is 18.1. The molecule has 0 spiro atoms. The molecule has 0 aliphatic carbocycles. The maximum Gasteiger partial charge on any atom is 0.256 e. The molecular formula is C18H22N6OS. The fourth-order valence-electron chi connectivity index (χ4n) is 3.30. The van der Waals surface area contributed by atoms with Gasteiger partial charge in [-0.25, -0.2) is 0 Å². The second kappa shape index (κ2) is 7.03. The van der Waals surface area contributed by atoms with Gasteiger partial charge in [0.05, 0.1) is 6.42 Å². The standard InChI is InChI=1S/C18H22N6OS/c1-13(2)15-10-16(20-18-21-19-12-24(15)18)22-4-6-23(7-5-22)17(25)9-14-3-8-26-11-14/h3,8,10-13H,4-7,9H2,1-2H3. The molecule has 0 saturated carbocycles. The Bertz CT molecular complexity index is 896. The van der Waals surface area contributed by atoms with Gasteiger partial charge in [-0.2, -0.15) is 16.3 Å². The van der Waals surface area contributed by atoms with E-state index in [1.54, 1.807) is 17.7 Å². The van der Waals surface area contributed by atoms with Crippen molar-refractivity contribution in [2.24, 2.45) is 0 Å². The summed E-state index contributed by atoms with van der Waals surface area (Å²) >= 11 is 1.63. The maximum absolute atomic E-state index is 12.5. The Balaban J connectivity index is 1.46. The molecule has 136 valence electrons. The number of fused-ring (bicyclic) bond motifs is 1. The first-order chi connectivity index (χ1) is 12.6. The minimum Gasteiger partial charge on any atom is -0.353 e. The lowest BCUT2D eigenvalue weighted by atomic mass is 10.1. The molecule has 0 radical (unpaired) electrons. The zero-order valence-electron chi connectivity index (χ0n) is 15.0. The third-order valence-corrected chi connectivity index (χ3v) is 5.51. The molecule has 3 aromatic heterocycles. The van der Waals surface area contributed by atoms with Crippen molar-refractivity contribution in [3.63, 3.8) is 0 Å². The number of carbonyl (C=O) groups excluding carboxylic acids is 1. The van der Waals surface area contributed by atoms with Gasteiger partial charge in [0.1, 0.15) is 12.1 Å². The van der Waals surface area contributed by atoms with Crippen molar-refractivity contribution in [2.45, 2.75) is 26.2 Å². The number of anilines is 1. The van der Waals surface area contributed by atoms with Gasteiger partial charge in [0, 0.05) is 37.9 Å². The van der Waals surface area contributed by atoms with Crippen LogP contribution in [0.3, 0.4) is 0 Å². The van der Waals surface area contributed by atoms with Crippen molar-refractivity contribution < 1.29 is 4.79 Å². The van der Waals surface area contributed by atoms with Gasteiger partial charge in [0.25, 0.3) is 5.78 Å². The van der Waals surface area contributed by atoms with Gasteiger partial charge in [-0.3, -0.25) is 9.20 Å². The smallest absolute Gasteiger partial charge is 0.256 e. The summed E-state index contributed by atoms with van der Waals surface area (Å²) in [5.74, 6) is 2.09. The summed E-state index contributed by atoms with van der Waals surface area (Å²) in [6.45, 7) is 7.31. The van der Waals surface area contributed by atoms with Crippen molar-refractivity contribution in [3.8, 4) is 0 Å². The Morgan fingerprint density at radius 2 is 2.08 bits per heavy atom. The third kappa shape index (κ3) is 3.29. The molecule has 0 bridgehead atoms. The highest BCUT2D eigenvalue weighted by atomic mass is 32.1. The van der Waals surface area contributed by atoms with Gasteiger partial charge in [0.15, 0.2) is 0 Å². The van der Waals surface area contributed by atoms with Gasteiger partial charge in [-0.05, 0) is 28.3 Å². The lowest BCUT2D eigenvalue weighted by molar-refractivity contribution is -0.130. The summed E-state index contributed by atoms with van der Waals surface area (Å²) in [5, 5.41) is 12.1. The Labute approximate surface area is 156 Å². The van der Waals surface area contributed by atoms with E-state index in [4.69, 9.17) is 0 Å². The molecule has 26 heavy (non-hydrogen) atoms. The van der Waals surface area contributed by atoms with E-state index in [1.807, 2.05) is 26.1 Å². The Hall–Kier alpha value is -2.48. The number of piperazine rings is 1. The fourth-order valence-corrected chi connectivity index (χ4v) is 3.96. The molecule has 1 amide bonds. The van der Waals surface area contributed by atoms with E-state index >= 15 is 0 Å². The first-order valence-electron chi connectivity index (χ1n) is 8.86. The van der Waals surface area contributed by atoms with Crippen LogP contribution in [0.25, 0.3) is 5.78 Å². The van der Waals surface area contributed by atoms with Crippen molar-refractivity contribution in [1.82, 2.24) is 24.5 Å². The van der Waals surface area contributed by atoms with E-state index in [0.29, 0.717) is 18.1 Å². The van der Waals surface area contributed by atoms with E-state index < -0.39 is 0 Å². The SMILES string of the molecule is CC(C)c1cc(N2CCN(C(=O)Cc3ccsc3)CC2)nc2nncn12. The summed E-state index contributed by atoms with van der Waals surface area (Å²) in [6.07, 6.45) is 2.20. The molecule has 4 rings (SSSR count). The van der Waals surface area contributed by atoms with Crippen LogP contribution in [-0.2, 0) is 11.2 Å². The summed E-state index contributed by atoms with van der Waals surface area (Å²) in [6, 6.07) is 4.13. The van der Waals surface area contributed by atoms with Crippen molar-refractivity contribution in [2.75, 3.05) is 31.1 Å². The number of rotatable bonds is 4. The van der Waals surface area contributed by atoms with E-state index in [9.17, 15) is 4.79 Å². The maximum atomic E-state index is 12.5. The molecule has 7 nitrogen and oxygen atoms in total. The van der Waals surface area contributed by atoms with Crippen LogP contribution in [0, 0.1) is 0 Å². The fraction of sp³-hybridized carbons (Fsp3) is 0.444. The van der Waals surface area contributed by atoms with Gasteiger partial charge in [-0.1, -0.05) is 13.8 Å². The van der Waals surface area contributed by atoms with Gasteiger partial charge < -0.3 is 9.80 Å². The lowest BCUT2D eigenvalue weighted by Gasteiger charge is -2.35. The van der Waals surface area contributed by atoms with Crippen LogP contribution < -0.4 is 4.90 Å². The average molecular weight is 370 g/mol. The highest BCUT2D eigenvalue weighted by Crippen LogP contribution is 2.22. The van der Waals surface area contributed by atoms with E-state index in [-0.39, 0.29) is 5.91 Å². The molecule has 1 aliphatic heterocycles. The first kappa shape index (κ1) is 17.0. The highest BCUT2D eigenvalue weighted by molar-refractivity contribution is 7.08. The van der Waals surface area contributed by atoms with Crippen molar-refractivity contribution in [3.05, 3.63) is 40.5 Å². The molecule has 0 aromatic carbocycles. The zero-order valence-corrected chi connectivity index (χ0v) is 15.8. The number of thiophene rings is 1. The van der Waals surface area contributed by atoms with E-state index in [2.05, 4.69) is 40.0 Å². The van der Waals surface area contributed by atoms with Crippen LogP contribution in [0.15, 0.2) is 29.2 Å². The number of nitrogens with zero attached hydrogens (tertiary/aromatic N) is 6. The number of hydrogen-bond acceptors (Lipinski definition) is 6. The van der Waals surface area contributed by atoms with Crippen molar-refractivity contribution >= 4 is 28.8 Å². The second-order valence-electron chi connectivity index (χ2n) is 6.87. The van der Waals surface area contributed by atoms with Gasteiger partial charge in [-0.15, -0.1) is 10.2 Å². The number of amides is 1. The number of aromatic nitrogens is 4. The monoisotopic (exact) mass is 370 g/mol. The Morgan fingerprint density at radius 1 is 1.27 bits per heavy atom. The largest absolute Gasteiger partial charge is 0.353 e. The van der Waals surface area contributed by atoms with E-state index in [1.165, 1.54) is 0 Å². The van der Waals surface area contributed by atoms with Crippen molar-refractivity contribution in [1.29, 1.82) is 0 Å². The first-order valence-corrected chi connectivity index (χ1v) is 9.80. The topological polar surface area (TPSA) is 66.6 Å². The molecule has 3 aromatic rings. The average Bonchev–Trinajstić information content (AvgIpc) is 3.32. The lowest BCUT2D eigenvalue weighted by Crippen LogP contribution is -2.49. The molecule has 1 saturated heterocycles. The molecule has 0 N–H and O–H groups in total. The summed E-state index contributed by atoms with van der Waals surface area (Å²) in [7, 11) is 0. The molecule has 1 aliphatic rings. The highest BCUT2D eigenvalue weighted by Gasteiger charge is 2.23. The minimum absolute atomic E-state index is 0.201. The predicted molar refractivity (Wildman–Crippen MR) is 102 cm³/mol. The van der Waals surface area contributed by atoms with Gasteiger partial charge >= 0.3 is 0 Å². The molecule has 8 heteroatoms. The van der Waals surface area contributed by atoms with Gasteiger partial charge in [0.2, 0.25) is 5.91 Å². The molecule has 0 unspecified atom stereocenters. The number of hydrogen-bond donors (Lipinski definition) is 0. The number of carbonyl (C=O) groups is 1. The van der Waals surface area contributed by atoms with Crippen LogP contribution in [0.5, 0.6) is 0 Å². The Kier molecular flexibility index (Phi) is 4.58. The third-order valence-electron chi connectivity index (χ3n) is 4.78. The second-order valence-corrected chi connectivity index (χ2v) is 7.65. The van der Waals surface area contributed by atoms with Crippen LogP contribution in [0.2, 0.25) is 0 Å². The van der Waals surface area contributed by atoms with E-state index in [0.717, 1.165) is 43.3 Å². The Morgan fingerprint density at radius 3 is 2.77 bits per heavy atom. The molecule has 1 fully saturated rings. The summed E-state index contributed by atoms with van der Waals surface area (Å²) in [5.41, 5.74) is 2.24. The van der Waals surface area contributed by atoms with Crippen LogP contribution in [-0.4, -0.2) is 56.6 Å². The normalized spacial score (nSPS) is 15.2. The van der Waals surface area contributed by atoms with Crippen LogP contribution in [0.1, 0.15) is 31.0 Å². The van der Waals surface area contributed by atoms with Crippen LogP contribution >= 0.6 is 11.3 Å². The summed E-state index contributed by atoms with van der Waals surface area (Å²) < 4.78 is 1.94. The molecular weight excluding hydrogens is 348 g/mol. The van der Waals surface area contributed by atoms with Crippen LogP contribution in [0.4, 0.5) is 5.82 Å². The predicted octanol–water partition coefficient (Wildman–Crippen LogP) is 2.20.